The molecule has 0 bridgehead atoms. The van der Waals surface area contributed by atoms with Gasteiger partial charge in [0.25, 0.3) is 0 Å². The molecule has 0 spiro atoms. The van der Waals surface area contributed by atoms with Gasteiger partial charge in [-0.15, -0.1) is 0 Å². The summed E-state index contributed by atoms with van der Waals surface area (Å²) in [5, 5.41) is 37.9. The van der Waals surface area contributed by atoms with Crippen LogP contribution in [0, 0.1) is 6.92 Å². The highest BCUT2D eigenvalue weighted by Gasteiger charge is 2.21. The van der Waals surface area contributed by atoms with Crippen molar-refractivity contribution < 1.29 is 43.8 Å². The molecule has 2 aromatic heterocycles. The predicted molar refractivity (Wildman–Crippen MR) is 159 cm³/mol. The fraction of sp³-hybridized carbons (Fsp3) is 0.258. The van der Waals surface area contributed by atoms with Crippen LogP contribution in [-0.2, 0) is 14.2 Å². The molecule has 4 N–H and O–H groups in total. The van der Waals surface area contributed by atoms with Gasteiger partial charge < -0.3 is 39.0 Å². The minimum atomic E-state index is -0.677. The molecule has 43 heavy (non-hydrogen) atoms. The molecule has 226 valence electrons. The van der Waals surface area contributed by atoms with Crippen LogP contribution in [-0.4, -0.2) is 84.2 Å². The Morgan fingerprint density at radius 2 is 1.53 bits per heavy atom. The Kier molecular flexibility index (Phi) is 10.2. The fourth-order valence-electron chi connectivity index (χ4n) is 4.34. The second-order valence-electron chi connectivity index (χ2n) is 9.22. The zero-order chi connectivity index (χ0) is 30.9. The summed E-state index contributed by atoms with van der Waals surface area (Å²) in [5.74, 6) is -0.0409. The van der Waals surface area contributed by atoms with Crippen molar-refractivity contribution in [2.24, 2.45) is 0 Å². The van der Waals surface area contributed by atoms with E-state index in [1.165, 1.54) is 25.3 Å². The number of hydrogen-bond acceptors (Lipinski definition) is 11. The number of phenolic OH excluding ortho intramolecular Hbond substituents is 3. The first-order valence-corrected chi connectivity index (χ1v) is 13.2. The number of aromatic amines is 1. The molecule has 0 saturated carbocycles. The lowest BCUT2D eigenvalue weighted by molar-refractivity contribution is 0.0596. The molecule has 0 aliphatic heterocycles. The number of nitrogens with zero attached hydrogens (tertiary/aromatic N) is 2. The molecule has 5 rings (SSSR count). The van der Waals surface area contributed by atoms with Crippen LogP contribution in [0.5, 0.6) is 28.7 Å². The van der Waals surface area contributed by atoms with Crippen molar-refractivity contribution in [3.63, 3.8) is 0 Å². The fourth-order valence-corrected chi connectivity index (χ4v) is 4.34. The minimum Gasteiger partial charge on any atom is -0.508 e. The molecule has 0 saturated heterocycles. The number of pyridine rings is 1. The highest BCUT2D eigenvalue weighted by atomic mass is 16.5. The van der Waals surface area contributed by atoms with Crippen molar-refractivity contribution in [3.05, 3.63) is 65.9 Å². The Morgan fingerprint density at radius 1 is 0.837 bits per heavy atom. The maximum absolute atomic E-state index is 10.9. The van der Waals surface area contributed by atoms with Crippen LogP contribution in [0.15, 0.2) is 54.6 Å². The van der Waals surface area contributed by atoms with Gasteiger partial charge in [0.05, 0.1) is 31.4 Å². The summed E-state index contributed by atoms with van der Waals surface area (Å²) in [6, 6.07) is 14.9. The summed E-state index contributed by atoms with van der Waals surface area (Å²) in [7, 11) is 4.47. The Bertz CT molecular complexity index is 1700. The number of benzene rings is 3. The molecule has 0 atom stereocenters. The molecule has 12 nitrogen and oxygen atoms in total. The van der Waals surface area contributed by atoms with E-state index >= 15 is 0 Å². The third kappa shape index (κ3) is 6.88. The first-order valence-electron chi connectivity index (χ1n) is 13.2. The third-order valence-electron chi connectivity index (χ3n) is 6.41. The van der Waals surface area contributed by atoms with Gasteiger partial charge in [-0.25, -0.2) is 9.78 Å². The summed E-state index contributed by atoms with van der Waals surface area (Å²) in [6.07, 6.45) is 0. The van der Waals surface area contributed by atoms with Crippen LogP contribution in [0.25, 0.3) is 33.1 Å². The van der Waals surface area contributed by atoms with E-state index in [4.69, 9.17) is 34.1 Å². The van der Waals surface area contributed by atoms with E-state index in [0.717, 1.165) is 33.1 Å². The number of methoxy groups -OCH3 is 3. The third-order valence-corrected chi connectivity index (χ3v) is 6.41. The number of fused-ring (bicyclic) bond motifs is 3. The van der Waals surface area contributed by atoms with E-state index in [9.17, 15) is 9.90 Å². The van der Waals surface area contributed by atoms with Crippen molar-refractivity contribution in [2.75, 3.05) is 47.8 Å². The number of rotatable bonds is 10. The second-order valence-corrected chi connectivity index (χ2v) is 9.22. The Morgan fingerprint density at radius 3 is 2.21 bits per heavy atom. The second kappa shape index (κ2) is 14.2. The van der Waals surface area contributed by atoms with Gasteiger partial charge in [0, 0.05) is 36.2 Å². The topological polar surface area (TPSA) is 165 Å². The zero-order valence-corrected chi connectivity index (χ0v) is 24.2. The number of para-hydroxylation sites is 1. The van der Waals surface area contributed by atoms with Crippen molar-refractivity contribution in [1.82, 2.24) is 15.2 Å². The predicted octanol–water partition coefficient (Wildman–Crippen LogP) is 4.73. The lowest BCUT2D eigenvalue weighted by Crippen LogP contribution is -2.09. The van der Waals surface area contributed by atoms with Crippen LogP contribution in [0.1, 0.15) is 16.1 Å². The highest BCUT2D eigenvalue weighted by Crippen LogP contribution is 2.43. The molecular formula is C31H33N3O9. The number of nitrogens with one attached hydrogen (secondary N) is 1. The molecule has 3 aromatic carbocycles. The molecule has 0 fully saturated rings. The number of esters is 1. The van der Waals surface area contributed by atoms with Gasteiger partial charge >= 0.3 is 5.97 Å². The van der Waals surface area contributed by atoms with E-state index in [0.29, 0.717) is 43.6 Å². The van der Waals surface area contributed by atoms with Gasteiger partial charge in [0.15, 0.2) is 28.6 Å². The summed E-state index contributed by atoms with van der Waals surface area (Å²) in [5.41, 5.74) is 3.03. The van der Waals surface area contributed by atoms with Crippen LogP contribution < -0.4 is 9.47 Å². The number of aryl methyl sites for hydroxylation is 1. The number of aromatic hydroxyl groups is 3. The molecule has 0 amide bonds. The SMILES string of the molecule is COC(=O)c1cccc(O)c1O.COCCOc1ccc2c(-c3ccc(O)cc3)nc3n[nH]c(C)c3c2c1OCCOC. The molecule has 12 heteroatoms. The number of aromatic nitrogens is 3. The zero-order valence-electron chi connectivity index (χ0n) is 24.2. The molecule has 0 aliphatic carbocycles. The van der Waals surface area contributed by atoms with Crippen LogP contribution >= 0.6 is 0 Å². The summed E-state index contributed by atoms with van der Waals surface area (Å²) in [4.78, 5) is 15.7. The number of H-pyrrole nitrogens is 1. The first-order chi connectivity index (χ1) is 20.8. The Hall–Kier alpha value is -5.07. The first kappa shape index (κ1) is 30.9. The molecule has 5 aromatic rings. The number of ether oxygens (including phenoxy) is 5. The van der Waals surface area contributed by atoms with Crippen LogP contribution in [0.2, 0.25) is 0 Å². The van der Waals surface area contributed by atoms with E-state index in [1.807, 2.05) is 31.2 Å². The maximum Gasteiger partial charge on any atom is 0.341 e. The van der Waals surface area contributed by atoms with Crippen molar-refractivity contribution in [2.45, 2.75) is 6.92 Å². The average Bonchev–Trinajstić information content (AvgIpc) is 3.39. The van der Waals surface area contributed by atoms with Crippen LogP contribution in [0.4, 0.5) is 0 Å². The summed E-state index contributed by atoms with van der Waals surface area (Å²) < 4.78 is 26.8. The monoisotopic (exact) mass is 591 g/mol. The van der Waals surface area contributed by atoms with E-state index in [1.54, 1.807) is 26.4 Å². The van der Waals surface area contributed by atoms with E-state index in [-0.39, 0.29) is 17.1 Å². The lowest BCUT2D eigenvalue weighted by atomic mass is 9.99. The summed E-state index contributed by atoms with van der Waals surface area (Å²) >= 11 is 0. The van der Waals surface area contributed by atoms with Crippen molar-refractivity contribution in [1.29, 1.82) is 0 Å². The number of carbonyl (C=O) groups is 1. The average molecular weight is 592 g/mol. The number of phenols is 3. The number of hydrogen-bond donors (Lipinski definition) is 4. The minimum absolute atomic E-state index is 0.0440. The van der Waals surface area contributed by atoms with Crippen molar-refractivity contribution >= 4 is 27.8 Å². The maximum atomic E-state index is 10.9. The Labute approximate surface area is 247 Å². The van der Waals surface area contributed by atoms with Crippen LogP contribution in [0.3, 0.4) is 0 Å². The Balaban J connectivity index is 0.000000296. The highest BCUT2D eigenvalue weighted by molar-refractivity contribution is 6.14. The smallest absolute Gasteiger partial charge is 0.341 e. The molecule has 0 aliphatic rings. The van der Waals surface area contributed by atoms with Gasteiger partial charge in [-0.05, 0) is 55.5 Å². The van der Waals surface area contributed by atoms with E-state index < -0.39 is 11.7 Å². The molecular weight excluding hydrogens is 558 g/mol. The standard InChI is InChI=1S/C23H25N3O5.C8H8O4/c1-14-19-20-17(8-9-18(30-12-10-28-2)22(20)31-13-11-29-3)21(24-23(19)26-25-14)15-4-6-16(27)7-5-15;1-12-8(11)5-3-2-4-6(9)7(5)10/h4-9,27H,10-13H2,1-3H3,(H,24,25,26);2-4,9-10H,1H3. The number of carbonyl (C=O) groups excluding carboxylic acids is 1. The normalized spacial score (nSPS) is 10.8. The van der Waals surface area contributed by atoms with Gasteiger partial charge in [0.2, 0.25) is 0 Å². The van der Waals surface area contributed by atoms with Gasteiger partial charge in [-0.2, -0.15) is 5.10 Å². The van der Waals surface area contributed by atoms with Crippen molar-refractivity contribution in [3.8, 4) is 40.0 Å². The molecule has 2 heterocycles. The van der Waals surface area contributed by atoms with Gasteiger partial charge in [-0.1, -0.05) is 6.07 Å². The quantitative estimate of drug-likeness (QED) is 0.101. The van der Waals surface area contributed by atoms with Gasteiger partial charge in [0.1, 0.15) is 24.5 Å². The molecule has 0 radical (unpaired) electrons. The largest absolute Gasteiger partial charge is 0.508 e. The summed E-state index contributed by atoms with van der Waals surface area (Å²) in [6.45, 7) is 3.62. The van der Waals surface area contributed by atoms with E-state index in [2.05, 4.69) is 14.9 Å². The molecule has 0 unspecified atom stereocenters. The van der Waals surface area contributed by atoms with Gasteiger partial charge in [-0.3, -0.25) is 5.10 Å². The lowest BCUT2D eigenvalue weighted by Gasteiger charge is -2.17.